The van der Waals surface area contributed by atoms with Gasteiger partial charge < -0.3 is 9.47 Å². The Morgan fingerprint density at radius 3 is 2.50 bits per heavy atom. The standard InChI is InChI=1S/C10H16O4/c1-7(11)13-6-9-4-3-5-10(9)14-8(2)12/h9-10H,3-6H2,1-2H3/t9-,10-/m1/s1. The lowest BCUT2D eigenvalue weighted by Crippen LogP contribution is -2.25. The third-order valence-electron chi connectivity index (χ3n) is 2.41. The van der Waals surface area contributed by atoms with Gasteiger partial charge in [0.25, 0.3) is 0 Å². The van der Waals surface area contributed by atoms with Gasteiger partial charge in [0, 0.05) is 19.8 Å². The van der Waals surface area contributed by atoms with Crippen LogP contribution in [0.2, 0.25) is 0 Å². The zero-order valence-corrected chi connectivity index (χ0v) is 8.62. The van der Waals surface area contributed by atoms with Crippen LogP contribution in [0.3, 0.4) is 0 Å². The first-order valence-electron chi connectivity index (χ1n) is 4.90. The lowest BCUT2D eigenvalue weighted by molar-refractivity contribution is -0.151. The third kappa shape index (κ3) is 3.36. The molecule has 0 spiro atoms. The Bertz CT molecular complexity index is 224. The van der Waals surface area contributed by atoms with Crippen molar-refractivity contribution in [3.05, 3.63) is 0 Å². The molecule has 1 saturated carbocycles. The van der Waals surface area contributed by atoms with E-state index in [4.69, 9.17) is 9.47 Å². The van der Waals surface area contributed by atoms with Crippen LogP contribution in [0.15, 0.2) is 0 Å². The quantitative estimate of drug-likeness (QED) is 0.644. The second kappa shape index (κ2) is 4.98. The zero-order chi connectivity index (χ0) is 10.6. The number of carbonyl (C=O) groups excluding carboxylic acids is 2. The highest BCUT2D eigenvalue weighted by atomic mass is 16.6. The highest BCUT2D eigenvalue weighted by Gasteiger charge is 2.30. The molecule has 1 fully saturated rings. The molecule has 0 aromatic rings. The first kappa shape index (κ1) is 11.0. The van der Waals surface area contributed by atoms with Crippen LogP contribution in [0.4, 0.5) is 0 Å². The minimum absolute atomic E-state index is 0.0631. The van der Waals surface area contributed by atoms with Crippen LogP contribution in [-0.4, -0.2) is 24.6 Å². The average Bonchev–Trinajstić information content (AvgIpc) is 2.47. The Morgan fingerprint density at radius 2 is 1.93 bits per heavy atom. The predicted molar refractivity (Wildman–Crippen MR) is 49.5 cm³/mol. The number of hydrogen-bond acceptors (Lipinski definition) is 4. The summed E-state index contributed by atoms with van der Waals surface area (Å²) in [5.74, 6) is -0.356. The van der Waals surface area contributed by atoms with Crippen molar-refractivity contribution in [1.29, 1.82) is 0 Å². The summed E-state index contributed by atoms with van der Waals surface area (Å²) in [7, 11) is 0. The maximum Gasteiger partial charge on any atom is 0.302 e. The largest absolute Gasteiger partial charge is 0.465 e. The first-order chi connectivity index (χ1) is 6.59. The SMILES string of the molecule is CC(=O)OC[C@H]1CCC[C@H]1OC(C)=O. The minimum Gasteiger partial charge on any atom is -0.465 e. The summed E-state index contributed by atoms with van der Waals surface area (Å²) in [6.45, 7) is 3.16. The monoisotopic (exact) mass is 200 g/mol. The van der Waals surface area contributed by atoms with E-state index in [1.807, 2.05) is 0 Å². The number of esters is 2. The fourth-order valence-electron chi connectivity index (χ4n) is 1.79. The van der Waals surface area contributed by atoms with Crippen LogP contribution in [0, 0.1) is 5.92 Å². The fraction of sp³-hybridized carbons (Fsp3) is 0.800. The molecule has 14 heavy (non-hydrogen) atoms. The van der Waals surface area contributed by atoms with Gasteiger partial charge >= 0.3 is 11.9 Å². The minimum atomic E-state index is -0.279. The van der Waals surface area contributed by atoms with Gasteiger partial charge in [0.2, 0.25) is 0 Å². The second-order valence-corrected chi connectivity index (χ2v) is 3.64. The molecule has 4 heteroatoms. The van der Waals surface area contributed by atoms with Crippen molar-refractivity contribution in [1.82, 2.24) is 0 Å². The molecular weight excluding hydrogens is 184 g/mol. The maximum absolute atomic E-state index is 10.8. The summed E-state index contributed by atoms with van der Waals surface area (Å²) in [5.41, 5.74) is 0. The molecule has 0 heterocycles. The van der Waals surface area contributed by atoms with Crippen LogP contribution in [0.5, 0.6) is 0 Å². The predicted octanol–water partition coefficient (Wildman–Crippen LogP) is 1.28. The molecule has 0 bridgehead atoms. The van der Waals surface area contributed by atoms with Crippen LogP contribution < -0.4 is 0 Å². The molecular formula is C10H16O4. The molecule has 4 nitrogen and oxygen atoms in total. The number of hydrogen-bond donors (Lipinski definition) is 0. The van der Waals surface area contributed by atoms with E-state index in [0.717, 1.165) is 19.3 Å². The molecule has 80 valence electrons. The number of carbonyl (C=O) groups is 2. The molecule has 1 aliphatic rings. The molecule has 0 aliphatic heterocycles. The summed E-state index contributed by atoms with van der Waals surface area (Å²) in [4.78, 5) is 21.4. The summed E-state index contributed by atoms with van der Waals surface area (Å²) < 4.78 is 10.0. The maximum atomic E-state index is 10.8. The smallest absolute Gasteiger partial charge is 0.302 e. The van der Waals surface area contributed by atoms with Crippen molar-refractivity contribution >= 4 is 11.9 Å². The van der Waals surface area contributed by atoms with E-state index < -0.39 is 0 Å². The van der Waals surface area contributed by atoms with Crippen LogP contribution in [0.25, 0.3) is 0 Å². The number of rotatable bonds is 3. The molecule has 2 atom stereocenters. The molecule has 0 amide bonds. The Kier molecular flexibility index (Phi) is 3.92. The summed E-state index contributed by atoms with van der Waals surface area (Å²) in [5, 5.41) is 0. The van der Waals surface area contributed by atoms with Crippen LogP contribution >= 0.6 is 0 Å². The molecule has 0 aromatic heterocycles. The Hall–Kier alpha value is -1.06. The Morgan fingerprint density at radius 1 is 1.21 bits per heavy atom. The highest BCUT2D eigenvalue weighted by Crippen LogP contribution is 2.28. The van der Waals surface area contributed by atoms with Crippen molar-refractivity contribution in [2.45, 2.75) is 39.2 Å². The first-order valence-corrected chi connectivity index (χ1v) is 4.90. The summed E-state index contributed by atoms with van der Waals surface area (Å²) >= 11 is 0. The van der Waals surface area contributed by atoms with Crippen molar-refractivity contribution in [2.24, 2.45) is 5.92 Å². The van der Waals surface area contributed by atoms with E-state index in [2.05, 4.69) is 0 Å². The van der Waals surface area contributed by atoms with Crippen LogP contribution in [-0.2, 0) is 19.1 Å². The van der Waals surface area contributed by atoms with E-state index in [1.165, 1.54) is 13.8 Å². The van der Waals surface area contributed by atoms with E-state index in [1.54, 1.807) is 0 Å². The highest BCUT2D eigenvalue weighted by molar-refractivity contribution is 5.66. The van der Waals surface area contributed by atoms with E-state index in [-0.39, 0.29) is 24.0 Å². The van der Waals surface area contributed by atoms with Crippen LogP contribution in [0.1, 0.15) is 33.1 Å². The normalized spacial score (nSPS) is 25.9. The van der Waals surface area contributed by atoms with Crippen molar-refractivity contribution in [3.63, 3.8) is 0 Å². The lowest BCUT2D eigenvalue weighted by Gasteiger charge is -2.18. The zero-order valence-electron chi connectivity index (χ0n) is 8.62. The fourth-order valence-corrected chi connectivity index (χ4v) is 1.79. The third-order valence-corrected chi connectivity index (χ3v) is 2.41. The topological polar surface area (TPSA) is 52.6 Å². The van der Waals surface area contributed by atoms with Gasteiger partial charge in [-0.05, 0) is 19.3 Å². The lowest BCUT2D eigenvalue weighted by atomic mass is 10.1. The number of ether oxygens (including phenoxy) is 2. The van der Waals surface area contributed by atoms with Gasteiger partial charge in [0.05, 0.1) is 6.61 Å². The second-order valence-electron chi connectivity index (χ2n) is 3.64. The average molecular weight is 200 g/mol. The van der Waals surface area contributed by atoms with Gasteiger partial charge in [-0.1, -0.05) is 0 Å². The molecule has 0 unspecified atom stereocenters. The Balaban J connectivity index is 2.35. The van der Waals surface area contributed by atoms with Gasteiger partial charge in [0.1, 0.15) is 6.10 Å². The molecule has 1 aliphatic carbocycles. The van der Waals surface area contributed by atoms with Gasteiger partial charge in [-0.2, -0.15) is 0 Å². The van der Waals surface area contributed by atoms with Gasteiger partial charge in [-0.25, -0.2) is 0 Å². The summed E-state index contributed by atoms with van der Waals surface area (Å²) in [6.07, 6.45) is 2.81. The van der Waals surface area contributed by atoms with Gasteiger partial charge in [-0.15, -0.1) is 0 Å². The van der Waals surface area contributed by atoms with Crippen molar-refractivity contribution in [2.75, 3.05) is 6.61 Å². The van der Waals surface area contributed by atoms with E-state index >= 15 is 0 Å². The van der Waals surface area contributed by atoms with Gasteiger partial charge in [0.15, 0.2) is 0 Å². The van der Waals surface area contributed by atoms with E-state index in [9.17, 15) is 9.59 Å². The van der Waals surface area contributed by atoms with Crippen molar-refractivity contribution < 1.29 is 19.1 Å². The molecule has 0 radical (unpaired) electrons. The Labute approximate surface area is 83.6 Å². The van der Waals surface area contributed by atoms with Crippen molar-refractivity contribution in [3.8, 4) is 0 Å². The molecule has 0 saturated heterocycles. The van der Waals surface area contributed by atoms with Gasteiger partial charge in [-0.3, -0.25) is 9.59 Å². The molecule has 0 N–H and O–H groups in total. The van der Waals surface area contributed by atoms with E-state index in [0.29, 0.717) is 6.61 Å². The molecule has 1 rings (SSSR count). The summed E-state index contributed by atoms with van der Waals surface area (Å²) in [6, 6.07) is 0. The molecule has 0 aromatic carbocycles.